The Morgan fingerprint density at radius 3 is 2.88 bits per heavy atom. The minimum atomic E-state index is -0.891. The van der Waals surface area contributed by atoms with Crippen molar-refractivity contribution in [3.63, 3.8) is 0 Å². The molecule has 8 nitrogen and oxygen atoms in total. The largest absolute Gasteiger partial charge is 0.453 e. The van der Waals surface area contributed by atoms with Crippen LogP contribution in [0, 0.1) is 11.7 Å². The molecule has 1 fully saturated rings. The zero-order valence-electron chi connectivity index (χ0n) is 18.5. The van der Waals surface area contributed by atoms with Gasteiger partial charge in [-0.3, -0.25) is 4.79 Å². The Labute approximate surface area is 190 Å². The second kappa shape index (κ2) is 7.84. The Hall–Kier alpha value is -3.46. The molecule has 0 unspecified atom stereocenters. The molecule has 1 amide bonds. The van der Waals surface area contributed by atoms with Gasteiger partial charge in [-0.05, 0) is 57.2 Å². The van der Waals surface area contributed by atoms with E-state index in [4.69, 9.17) is 9.47 Å². The van der Waals surface area contributed by atoms with Crippen LogP contribution in [0.1, 0.15) is 33.1 Å². The van der Waals surface area contributed by atoms with E-state index in [-0.39, 0.29) is 24.4 Å². The summed E-state index contributed by atoms with van der Waals surface area (Å²) in [5.74, 6) is 0.145. The average Bonchev–Trinajstić information content (AvgIpc) is 3.41. The number of fused-ring (bicyclic) bond motifs is 2. The van der Waals surface area contributed by atoms with Crippen LogP contribution < -0.4 is 14.8 Å². The van der Waals surface area contributed by atoms with E-state index < -0.39 is 11.4 Å². The molecule has 1 aromatic carbocycles. The molecule has 2 N–H and O–H groups in total. The number of aliphatic hydroxyl groups is 1. The molecule has 9 heteroatoms. The predicted octanol–water partition coefficient (Wildman–Crippen LogP) is 4.03. The summed E-state index contributed by atoms with van der Waals surface area (Å²) in [6.45, 7) is 7.71. The van der Waals surface area contributed by atoms with Gasteiger partial charge in [0, 0.05) is 29.4 Å². The lowest BCUT2D eigenvalue weighted by atomic mass is 10.0. The number of nitrogens with zero attached hydrogens (tertiary/aromatic N) is 3. The number of amides is 1. The third kappa shape index (κ3) is 4.16. The fourth-order valence-corrected chi connectivity index (χ4v) is 3.80. The van der Waals surface area contributed by atoms with Gasteiger partial charge in [0.25, 0.3) is 5.91 Å². The minimum Gasteiger partial charge on any atom is -0.453 e. The number of nitrogens with one attached hydrogen (secondary N) is 1. The monoisotopic (exact) mass is 452 g/mol. The van der Waals surface area contributed by atoms with Crippen LogP contribution in [0.25, 0.3) is 22.2 Å². The lowest BCUT2D eigenvalue weighted by Crippen LogP contribution is -2.21. The van der Waals surface area contributed by atoms with Gasteiger partial charge in [0.2, 0.25) is 12.5 Å². The number of rotatable bonds is 7. The van der Waals surface area contributed by atoms with Crippen molar-refractivity contribution in [2.45, 2.75) is 45.3 Å². The Morgan fingerprint density at radius 2 is 2.15 bits per heavy atom. The Bertz CT molecular complexity index is 1270. The van der Waals surface area contributed by atoms with E-state index in [9.17, 15) is 9.90 Å². The van der Waals surface area contributed by atoms with Crippen molar-refractivity contribution in [1.82, 2.24) is 14.8 Å². The Balaban J connectivity index is 1.55. The number of aromatic nitrogens is 3. The standard InChI is InChI=1S/C24H25FN4O4/c1-13(14-4-5-14)23(30)27-21-17-10-15(16-6-7-18-20(19(16)25)33-12-32-18)11-26-22(17)29(28-21)9-8-24(2,3)31/h6-7,10-11,14,31H,1,4-5,8-9,12H2,2-3H3,(H,27,28,30). The first-order valence-electron chi connectivity index (χ1n) is 10.9. The van der Waals surface area contributed by atoms with E-state index in [1.54, 1.807) is 42.9 Å². The molecule has 1 saturated carbocycles. The zero-order valence-corrected chi connectivity index (χ0v) is 18.5. The summed E-state index contributed by atoms with van der Waals surface area (Å²) >= 11 is 0. The average molecular weight is 452 g/mol. The fourth-order valence-electron chi connectivity index (χ4n) is 3.80. The number of hydrogen-bond acceptors (Lipinski definition) is 6. The molecule has 33 heavy (non-hydrogen) atoms. The number of anilines is 1. The van der Waals surface area contributed by atoms with Crippen molar-refractivity contribution in [2.75, 3.05) is 12.1 Å². The number of benzene rings is 1. The number of ether oxygens (including phenoxy) is 2. The third-order valence-electron chi connectivity index (χ3n) is 5.91. The topological polar surface area (TPSA) is 98.5 Å². The van der Waals surface area contributed by atoms with Gasteiger partial charge in [-0.2, -0.15) is 5.10 Å². The van der Waals surface area contributed by atoms with Crippen LogP contribution in [0.3, 0.4) is 0 Å². The maximum Gasteiger partial charge on any atom is 0.252 e. The van der Waals surface area contributed by atoms with Gasteiger partial charge >= 0.3 is 0 Å². The maximum atomic E-state index is 15.1. The van der Waals surface area contributed by atoms with Gasteiger partial charge in [0.1, 0.15) is 0 Å². The zero-order chi connectivity index (χ0) is 23.3. The molecule has 1 aliphatic heterocycles. The van der Waals surface area contributed by atoms with Crippen LogP contribution in [-0.4, -0.2) is 38.2 Å². The highest BCUT2D eigenvalue weighted by Gasteiger charge is 2.30. The lowest BCUT2D eigenvalue weighted by Gasteiger charge is -2.16. The molecule has 2 aliphatic rings. The van der Waals surface area contributed by atoms with E-state index >= 15 is 4.39 Å². The maximum absolute atomic E-state index is 15.1. The summed E-state index contributed by atoms with van der Waals surface area (Å²) in [7, 11) is 0. The summed E-state index contributed by atoms with van der Waals surface area (Å²) in [5.41, 5.74) is 0.975. The van der Waals surface area contributed by atoms with Gasteiger partial charge in [0.15, 0.2) is 23.0 Å². The Kier molecular flexibility index (Phi) is 5.08. The number of halogens is 1. The Morgan fingerprint density at radius 1 is 1.36 bits per heavy atom. The highest BCUT2D eigenvalue weighted by atomic mass is 19.1. The van der Waals surface area contributed by atoms with E-state index in [1.165, 1.54) is 0 Å². The number of aryl methyl sites for hydroxylation is 1. The molecule has 0 bridgehead atoms. The first-order valence-corrected chi connectivity index (χ1v) is 10.9. The molecule has 0 radical (unpaired) electrons. The first kappa shape index (κ1) is 21.4. The summed E-state index contributed by atoms with van der Waals surface area (Å²) in [6.07, 6.45) is 3.91. The van der Waals surface area contributed by atoms with Gasteiger partial charge < -0.3 is 19.9 Å². The van der Waals surface area contributed by atoms with Crippen LogP contribution >= 0.6 is 0 Å². The van der Waals surface area contributed by atoms with E-state index in [1.807, 2.05) is 0 Å². The highest BCUT2D eigenvalue weighted by molar-refractivity contribution is 6.07. The van der Waals surface area contributed by atoms with Gasteiger partial charge in [-0.15, -0.1) is 0 Å². The van der Waals surface area contributed by atoms with Crippen LogP contribution in [-0.2, 0) is 11.3 Å². The summed E-state index contributed by atoms with van der Waals surface area (Å²) < 4.78 is 27.2. The fraction of sp³-hybridized carbons (Fsp3) is 0.375. The van der Waals surface area contributed by atoms with Crippen molar-refractivity contribution in [2.24, 2.45) is 5.92 Å². The second-order valence-corrected chi connectivity index (χ2v) is 9.14. The highest BCUT2D eigenvalue weighted by Crippen LogP contribution is 2.40. The van der Waals surface area contributed by atoms with Crippen LogP contribution in [0.4, 0.5) is 10.2 Å². The van der Waals surface area contributed by atoms with E-state index in [0.29, 0.717) is 52.3 Å². The van der Waals surface area contributed by atoms with Crippen molar-refractivity contribution in [3.05, 3.63) is 42.4 Å². The summed E-state index contributed by atoms with van der Waals surface area (Å²) in [4.78, 5) is 17.2. The van der Waals surface area contributed by atoms with Crippen LogP contribution in [0.2, 0.25) is 0 Å². The van der Waals surface area contributed by atoms with Crippen molar-refractivity contribution in [1.29, 1.82) is 0 Å². The summed E-state index contributed by atoms with van der Waals surface area (Å²) in [5, 5.41) is 18.1. The lowest BCUT2D eigenvalue weighted by molar-refractivity contribution is -0.113. The van der Waals surface area contributed by atoms with Gasteiger partial charge in [-0.25, -0.2) is 14.1 Å². The first-order chi connectivity index (χ1) is 15.7. The predicted molar refractivity (Wildman–Crippen MR) is 120 cm³/mol. The summed E-state index contributed by atoms with van der Waals surface area (Å²) in [6, 6.07) is 5.00. The molecular weight excluding hydrogens is 427 g/mol. The van der Waals surface area contributed by atoms with Gasteiger partial charge in [0.05, 0.1) is 11.0 Å². The van der Waals surface area contributed by atoms with Crippen molar-refractivity contribution >= 4 is 22.8 Å². The van der Waals surface area contributed by atoms with Gasteiger partial charge in [-0.1, -0.05) is 6.58 Å². The molecule has 0 spiro atoms. The second-order valence-electron chi connectivity index (χ2n) is 9.14. The molecule has 5 rings (SSSR count). The molecule has 3 heterocycles. The smallest absolute Gasteiger partial charge is 0.252 e. The molecular formula is C24H25FN4O4. The number of hydrogen-bond donors (Lipinski definition) is 2. The molecule has 172 valence electrons. The molecule has 1 aliphatic carbocycles. The number of pyridine rings is 1. The number of carbonyl (C=O) groups excluding carboxylic acids is 1. The van der Waals surface area contributed by atoms with Crippen molar-refractivity contribution in [3.8, 4) is 22.6 Å². The van der Waals surface area contributed by atoms with E-state index in [0.717, 1.165) is 12.8 Å². The molecule has 0 atom stereocenters. The molecule has 2 aromatic heterocycles. The van der Waals surface area contributed by atoms with Crippen molar-refractivity contribution < 1.29 is 23.8 Å². The SMILES string of the molecule is C=C(C(=O)Nc1nn(CCC(C)(C)O)c2ncc(-c3ccc4c(c3F)OCO4)cc12)C1CC1. The van der Waals surface area contributed by atoms with Crippen LogP contribution in [0.5, 0.6) is 11.5 Å². The molecule has 0 saturated heterocycles. The van der Waals surface area contributed by atoms with E-state index in [2.05, 4.69) is 22.0 Å². The number of carbonyl (C=O) groups is 1. The quantitative estimate of drug-likeness (QED) is 0.525. The normalized spacial score (nSPS) is 15.2. The molecule has 3 aromatic rings. The third-order valence-corrected chi connectivity index (χ3v) is 5.91. The minimum absolute atomic E-state index is 0.0258. The van der Waals surface area contributed by atoms with Crippen LogP contribution in [0.15, 0.2) is 36.5 Å².